The highest BCUT2D eigenvalue weighted by molar-refractivity contribution is 5.87. The fourth-order valence-electron chi connectivity index (χ4n) is 2.85. The highest BCUT2D eigenvalue weighted by Gasteiger charge is 2.29. The van der Waals surface area contributed by atoms with Crippen molar-refractivity contribution in [2.45, 2.75) is 25.4 Å². The van der Waals surface area contributed by atoms with Crippen LogP contribution in [0.2, 0.25) is 0 Å². The number of carbonyl (C=O) groups excluding carboxylic acids is 2. The highest BCUT2D eigenvalue weighted by Crippen LogP contribution is 2.18. The molecule has 1 unspecified atom stereocenters. The third kappa shape index (κ3) is 5.81. The number of hydrogen-bond donors (Lipinski definition) is 3. The molecule has 0 fully saturated rings. The van der Waals surface area contributed by atoms with Crippen LogP contribution in [0.5, 0.6) is 11.8 Å². The lowest BCUT2D eigenvalue weighted by molar-refractivity contribution is -0.114. The second kappa shape index (κ2) is 9.55. The first kappa shape index (κ1) is 20.8. The van der Waals surface area contributed by atoms with Gasteiger partial charge in [0.05, 0.1) is 7.11 Å². The van der Waals surface area contributed by atoms with Crippen molar-refractivity contribution in [3.8, 4) is 11.8 Å². The zero-order chi connectivity index (χ0) is 21.4. The van der Waals surface area contributed by atoms with Crippen molar-refractivity contribution in [3.63, 3.8) is 0 Å². The summed E-state index contributed by atoms with van der Waals surface area (Å²) in [6, 6.07) is 8.54. The summed E-state index contributed by atoms with van der Waals surface area (Å²) in [4.78, 5) is 31.9. The summed E-state index contributed by atoms with van der Waals surface area (Å²) in [5.41, 5.74) is 0.124. The number of aromatic nitrogens is 2. The van der Waals surface area contributed by atoms with E-state index in [0.29, 0.717) is 24.5 Å². The Balaban J connectivity index is 1.64. The first-order valence-corrected chi connectivity index (χ1v) is 9.34. The number of rotatable bonds is 7. The number of anilines is 1. The van der Waals surface area contributed by atoms with Gasteiger partial charge in [0.1, 0.15) is 11.5 Å². The number of ether oxygens (including phenoxy) is 2. The molecule has 2 aromatic heterocycles. The normalized spacial score (nSPS) is 17.0. The number of nitrogens with zero attached hydrogens (tertiary/aromatic N) is 2. The van der Waals surface area contributed by atoms with Crippen molar-refractivity contribution in [1.29, 1.82) is 0 Å². The molecule has 9 nitrogen and oxygen atoms in total. The molecule has 1 aliphatic rings. The summed E-state index contributed by atoms with van der Waals surface area (Å²) in [6.45, 7) is 1.43. The van der Waals surface area contributed by atoms with E-state index >= 15 is 0 Å². The minimum absolute atomic E-state index is 0.134. The molecular weight excluding hydrogens is 386 g/mol. The number of hydrogen-bond acceptors (Lipinski definition) is 7. The van der Waals surface area contributed by atoms with Crippen molar-refractivity contribution >= 4 is 17.8 Å². The Kier molecular flexibility index (Phi) is 6.63. The average Bonchev–Trinajstić information content (AvgIpc) is 2.73. The lowest BCUT2D eigenvalue weighted by atomic mass is 9.98. The van der Waals surface area contributed by atoms with Crippen LogP contribution in [0.25, 0.3) is 0 Å². The number of allylic oxidation sites excluding steroid dienone is 2. The average molecular weight is 409 g/mol. The molecule has 3 rings (SSSR count). The molecule has 1 atom stereocenters. The van der Waals surface area contributed by atoms with Gasteiger partial charge in [0.25, 0.3) is 0 Å². The Bertz CT molecular complexity index is 958. The second-order valence-electron chi connectivity index (χ2n) is 6.60. The quantitative estimate of drug-likeness (QED) is 0.644. The minimum Gasteiger partial charge on any atom is -0.481 e. The maximum atomic E-state index is 12.5. The fourth-order valence-corrected chi connectivity index (χ4v) is 2.85. The summed E-state index contributed by atoms with van der Waals surface area (Å²) in [5.74, 6) is 0.803. The number of aryl methyl sites for hydroxylation is 1. The van der Waals surface area contributed by atoms with Gasteiger partial charge in [-0.25, -0.2) is 9.78 Å². The summed E-state index contributed by atoms with van der Waals surface area (Å²) in [5, 5.41) is 8.67. The monoisotopic (exact) mass is 409 g/mol. The van der Waals surface area contributed by atoms with Gasteiger partial charge >= 0.3 is 6.09 Å². The van der Waals surface area contributed by atoms with Crippen molar-refractivity contribution in [2.24, 2.45) is 0 Å². The summed E-state index contributed by atoms with van der Waals surface area (Å²) >= 11 is 0. The van der Waals surface area contributed by atoms with Gasteiger partial charge in [0.2, 0.25) is 17.7 Å². The largest absolute Gasteiger partial charge is 0.481 e. The molecule has 156 valence electrons. The van der Waals surface area contributed by atoms with E-state index in [9.17, 15) is 9.59 Å². The lowest BCUT2D eigenvalue weighted by Gasteiger charge is -2.33. The molecule has 2 amide bonds. The Morgan fingerprint density at radius 1 is 1.17 bits per heavy atom. The highest BCUT2D eigenvalue weighted by atomic mass is 16.6. The van der Waals surface area contributed by atoms with Gasteiger partial charge in [-0.05, 0) is 42.8 Å². The summed E-state index contributed by atoms with van der Waals surface area (Å²) in [6.07, 6.45) is 9.49. The van der Waals surface area contributed by atoms with Gasteiger partial charge in [-0.1, -0.05) is 18.2 Å². The van der Waals surface area contributed by atoms with E-state index < -0.39 is 11.8 Å². The summed E-state index contributed by atoms with van der Waals surface area (Å²) < 4.78 is 10.3. The molecule has 0 bridgehead atoms. The SMILES string of the molecule is COc1cccc(OC(=O)NC2(CCc3ccc(NC(C)=O)nc3)C=CC=CN2)n1. The van der Waals surface area contributed by atoms with Gasteiger partial charge in [0, 0.05) is 25.3 Å². The van der Waals surface area contributed by atoms with Gasteiger partial charge in [-0.3, -0.25) is 10.1 Å². The van der Waals surface area contributed by atoms with Crippen LogP contribution in [0, 0.1) is 0 Å². The zero-order valence-electron chi connectivity index (χ0n) is 16.7. The number of amides is 2. The maximum absolute atomic E-state index is 12.5. The second-order valence-corrected chi connectivity index (χ2v) is 6.60. The Morgan fingerprint density at radius 2 is 2.00 bits per heavy atom. The Morgan fingerprint density at radius 3 is 2.67 bits per heavy atom. The molecule has 0 radical (unpaired) electrons. The van der Waals surface area contributed by atoms with Crippen LogP contribution in [0.15, 0.2) is 61.0 Å². The molecule has 0 saturated heterocycles. The smallest absolute Gasteiger partial charge is 0.416 e. The predicted molar refractivity (Wildman–Crippen MR) is 111 cm³/mol. The molecule has 2 aromatic rings. The standard InChI is InChI=1S/C21H23N5O4/c1-15(27)24-17-9-8-16(14-22-17)10-12-21(11-3-4-13-23-21)26-20(28)30-19-7-5-6-18(25-19)29-2/h3-9,11,13-14,23H,10,12H2,1-2H3,(H,26,28)(H,22,24,27). The molecule has 0 spiro atoms. The Hall–Kier alpha value is -3.88. The van der Waals surface area contributed by atoms with Crippen LogP contribution in [-0.4, -0.2) is 34.7 Å². The van der Waals surface area contributed by atoms with Crippen LogP contribution < -0.4 is 25.4 Å². The number of pyridine rings is 2. The van der Waals surface area contributed by atoms with E-state index in [1.165, 1.54) is 14.0 Å². The molecule has 0 saturated carbocycles. The van der Waals surface area contributed by atoms with Gasteiger partial charge in [-0.2, -0.15) is 4.98 Å². The van der Waals surface area contributed by atoms with Gasteiger partial charge < -0.3 is 20.1 Å². The molecule has 30 heavy (non-hydrogen) atoms. The van der Waals surface area contributed by atoms with E-state index in [0.717, 1.165) is 5.56 Å². The molecular formula is C21H23N5O4. The fraction of sp³-hybridized carbons (Fsp3) is 0.238. The van der Waals surface area contributed by atoms with Gasteiger partial charge in [0.15, 0.2) is 0 Å². The van der Waals surface area contributed by atoms with E-state index in [2.05, 4.69) is 25.9 Å². The molecule has 0 aromatic carbocycles. The third-order valence-corrected chi connectivity index (χ3v) is 4.30. The van der Waals surface area contributed by atoms with Crippen molar-refractivity contribution in [3.05, 3.63) is 66.5 Å². The summed E-state index contributed by atoms with van der Waals surface area (Å²) in [7, 11) is 1.49. The van der Waals surface area contributed by atoms with Crippen LogP contribution in [0.3, 0.4) is 0 Å². The molecule has 9 heteroatoms. The number of methoxy groups -OCH3 is 1. The molecule has 3 N–H and O–H groups in total. The van der Waals surface area contributed by atoms with E-state index in [1.54, 1.807) is 36.7 Å². The van der Waals surface area contributed by atoms with Crippen LogP contribution in [0.1, 0.15) is 18.9 Å². The molecule has 3 heterocycles. The van der Waals surface area contributed by atoms with Gasteiger partial charge in [-0.15, -0.1) is 0 Å². The van der Waals surface area contributed by atoms with Crippen LogP contribution >= 0.6 is 0 Å². The number of carbonyl (C=O) groups is 2. The maximum Gasteiger partial charge on any atom is 0.416 e. The first-order valence-electron chi connectivity index (χ1n) is 9.34. The molecule has 1 aliphatic heterocycles. The zero-order valence-corrected chi connectivity index (χ0v) is 16.7. The van der Waals surface area contributed by atoms with E-state index in [4.69, 9.17) is 9.47 Å². The topological polar surface area (TPSA) is 114 Å². The predicted octanol–water partition coefficient (Wildman–Crippen LogP) is 2.53. The van der Waals surface area contributed by atoms with E-state index in [1.807, 2.05) is 24.3 Å². The minimum atomic E-state index is -0.832. The third-order valence-electron chi connectivity index (χ3n) is 4.30. The van der Waals surface area contributed by atoms with Crippen LogP contribution in [0.4, 0.5) is 10.6 Å². The molecule has 0 aliphatic carbocycles. The van der Waals surface area contributed by atoms with E-state index in [-0.39, 0.29) is 11.8 Å². The van der Waals surface area contributed by atoms with Crippen molar-refractivity contribution in [2.75, 3.05) is 12.4 Å². The van der Waals surface area contributed by atoms with Crippen molar-refractivity contribution < 1.29 is 19.1 Å². The lowest BCUT2D eigenvalue weighted by Crippen LogP contribution is -2.57. The number of dihydropyridines is 1. The first-order chi connectivity index (χ1) is 14.5. The Labute approximate surface area is 174 Å². The number of nitrogens with one attached hydrogen (secondary N) is 3. The van der Waals surface area contributed by atoms with Crippen LogP contribution in [-0.2, 0) is 11.2 Å². The van der Waals surface area contributed by atoms with Crippen molar-refractivity contribution in [1.82, 2.24) is 20.6 Å².